The Bertz CT molecular complexity index is 147. The van der Waals surface area contributed by atoms with Gasteiger partial charge in [-0.2, -0.15) is 0 Å². The predicted molar refractivity (Wildman–Crippen MR) is 72.4 cm³/mol. The van der Waals surface area contributed by atoms with Crippen LogP contribution in [0.1, 0.15) is 59.3 Å². The lowest BCUT2D eigenvalue weighted by atomic mass is 10.3. The normalized spacial score (nSPS) is 12.0. The first kappa shape index (κ1) is 17.8. The lowest BCUT2D eigenvalue weighted by Crippen LogP contribution is -2.44. The second-order valence-electron chi connectivity index (χ2n) is 4.45. The van der Waals surface area contributed by atoms with Gasteiger partial charge in [-0.05, 0) is 19.3 Å². The highest BCUT2D eigenvalue weighted by atomic mass is 16.9. The van der Waals surface area contributed by atoms with Gasteiger partial charge in [0.1, 0.15) is 6.61 Å². The van der Waals surface area contributed by atoms with Crippen LogP contribution in [0.25, 0.3) is 0 Å². The quantitative estimate of drug-likeness (QED) is 0.409. The van der Waals surface area contributed by atoms with Crippen LogP contribution in [0.4, 0.5) is 0 Å². The second-order valence-corrected chi connectivity index (χ2v) is 4.45. The second kappa shape index (κ2) is 11.9. The molecular weight excluding hydrogens is 232 g/mol. The van der Waals surface area contributed by atoms with Crippen molar-refractivity contribution in [3.05, 3.63) is 0 Å². The molecular formula is C14H30O4. The van der Waals surface area contributed by atoms with Crippen LogP contribution >= 0.6 is 0 Å². The summed E-state index contributed by atoms with van der Waals surface area (Å²) in [6.45, 7) is 7.68. The van der Waals surface area contributed by atoms with Gasteiger partial charge in [-0.1, -0.05) is 40.0 Å². The van der Waals surface area contributed by atoms with Crippen LogP contribution in [0.5, 0.6) is 0 Å². The maximum Gasteiger partial charge on any atom is 0.307 e. The van der Waals surface area contributed by atoms with Gasteiger partial charge in [0.25, 0.3) is 0 Å². The standard InChI is InChI=1S/C14H30O4/c1-4-7-10-16-14(13-15,17-11-8-5-2)18-12-9-6-3/h15H,4-13H2,1-3H3. The number of ether oxygens (including phenoxy) is 3. The molecule has 0 heterocycles. The number of rotatable bonds is 13. The van der Waals surface area contributed by atoms with Gasteiger partial charge in [0.2, 0.25) is 0 Å². The average molecular weight is 262 g/mol. The lowest BCUT2D eigenvalue weighted by molar-refractivity contribution is -0.391. The number of aliphatic hydroxyl groups is 1. The minimum Gasteiger partial charge on any atom is -0.388 e. The highest BCUT2D eigenvalue weighted by molar-refractivity contribution is 4.56. The Labute approximate surface area is 112 Å². The fourth-order valence-corrected chi connectivity index (χ4v) is 1.38. The number of hydrogen-bond acceptors (Lipinski definition) is 4. The van der Waals surface area contributed by atoms with E-state index in [1.807, 2.05) is 0 Å². The Kier molecular flexibility index (Phi) is 11.8. The molecule has 0 radical (unpaired) electrons. The lowest BCUT2D eigenvalue weighted by Gasteiger charge is -2.31. The molecule has 18 heavy (non-hydrogen) atoms. The predicted octanol–water partition coefficient (Wildman–Crippen LogP) is 3.08. The molecule has 0 saturated carbocycles. The molecule has 1 N–H and O–H groups in total. The molecule has 0 atom stereocenters. The third-order valence-electron chi connectivity index (χ3n) is 2.65. The van der Waals surface area contributed by atoms with Crippen molar-refractivity contribution in [2.45, 2.75) is 65.3 Å². The van der Waals surface area contributed by atoms with Gasteiger partial charge in [0.15, 0.2) is 0 Å². The van der Waals surface area contributed by atoms with Crippen LogP contribution in [0.2, 0.25) is 0 Å². The highest BCUT2D eigenvalue weighted by Crippen LogP contribution is 2.17. The van der Waals surface area contributed by atoms with E-state index in [-0.39, 0.29) is 6.61 Å². The summed E-state index contributed by atoms with van der Waals surface area (Å²) in [6, 6.07) is 0. The number of hydrogen-bond donors (Lipinski definition) is 1. The zero-order chi connectivity index (χ0) is 13.7. The molecule has 0 aliphatic heterocycles. The van der Waals surface area contributed by atoms with E-state index in [1.54, 1.807) is 0 Å². The van der Waals surface area contributed by atoms with E-state index >= 15 is 0 Å². The molecule has 0 aromatic heterocycles. The summed E-state index contributed by atoms with van der Waals surface area (Å²) >= 11 is 0. The van der Waals surface area contributed by atoms with Crippen LogP contribution in [0, 0.1) is 0 Å². The molecule has 0 aromatic rings. The summed E-state index contributed by atoms with van der Waals surface area (Å²) in [5.74, 6) is -1.25. The van der Waals surface area contributed by atoms with E-state index in [4.69, 9.17) is 14.2 Å². The van der Waals surface area contributed by atoms with E-state index in [9.17, 15) is 5.11 Å². The molecule has 0 amide bonds. The molecule has 0 saturated heterocycles. The van der Waals surface area contributed by atoms with E-state index in [1.165, 1.54) is 0 Å². The summed E-state index contributed by atoms with van der Waals surface area (Å²) in [4.78, 5) is 0. The summed E-state index contributed by atoms with van der Waals surface area (Å²) in [5.41, 5.74) is 0. The molecule has 0 spiro atoms. The van der Waals surface area contributed by atoms with Gasteiger partial charge in [-0.3, -0.25) is 0 Å². The Morgan fingerprint density at radius 2 is 1.06 bits per heavy atom. The Morgan fingerprint density at radius 3 is 1.28 bits per heavy atom. The topological polar surface area (TPSA) is 47.9 Å². The summed E-state index contributed by atoms with van der Waals surface area (Å²) in [6.07, 6.45) is 5.96. The van der Waals surface area contributed by atoms with Crippen molar-refractivity contribution < 1.29 is 19.3 Å². The molecule has 110 valence electrons. The van der Waals surface area contributed by atoms with E-state index in [0.29, 0.717) is 19.8 Å². The van der Waals surface area contributed by atoms with Crippen molar-refractivity contribution in [3.63, 3.8) is 0 Å². The smallest absolute Gasteiger partial charge is 0.307 e. The molecule has 0 aliphatic carbocycles. The van der Waals surface area contributed by atoms with E-state index < -0.39 is 5.97 Å². The first-order valence-electron chi connectivity index (χ1n) is 7.27. The van der Waals surface area contributed by atoms with Crippen LogP contribution in [0.3, 0.4) is 0 Å². The number of unbranched alkanes of at least 4 members (excludes halogenated alkanes) is 3. The van der Waals surface area contributed by atoms with Crippen molar-refractivity contribution in [1.29, 1.82) is 0 Å². The zero-order valence-electron chi connectivity index (χ0n) is 12.2. The molecule has 4 heteroatoms. The first-order chi connectivity index (χ1) is 8.74. The van der Waals surface area contributed by atoms with Crippen LogP contribution in [-0.2, 0) is 14.2 Å². The molecule has 0 fully saturated rings. The molecule has 0 aliphatic rings. The molecule has 4 nitrogen and oxygen atoms in total. The van der Waals surface area contributed by atoms with Crippen molar-refractivity contribution in [2.75, 3.05) is 26.4 Å². The van der Waals surface area contributed by atoms with E-state index in [2.05, 4.69) is 20.8 Å². The van der Waals surface area contributed by atoms with Crippen LogP contribution in [0.15, 0.2) is 0 Å². The molecule has 0 aromatic carbocycles. The van der Waals surface area contributed by atoms with Gasteiger partial charge in [0.05, 0.1) is 19.8 Å². The Balaban J connectivity index is 4.20. The summed E-state index contributed by atoms with van der Waals surface area (Å²) in [5, 5.41) is 9.50. The number of aliphatic hydroxyl groups excluding tert-OH is 1. The van der Waals surface area contributed by atoms with Crippen LogP contribution in [-0.4, -0.2) is 37.5 Å². The van der Waals surface area contributed by atoms with E-state index in [0.717, 1.165) is 38.5 Å². The summed E-state index contributed by atoms with van der Waals surface area (Å²) in [7, 11) is 0. The minimum absolute atomic E-state index is 0.260. The highest BCUT2D eigenvalue weighted by Gasteiger charge is 2.32. The Hall–Kier alpha value is -0.160. The molecule has 0 unspecified atom stereocenters. The van der Waals surface area contributed by atoms with Crippen molar-refractivity contribution in [1.82, 2.24) is 0 Å². The van der Waals surface area contributed by atoms with Crippen molar-refractivity contribution >= 4 is 0 Å². The fraction of sp³-hybridized carbons (Fsp3) is 1.00. The monoisotopic (exact) mass is 262 g/mol. The zero-order valence-corrected chi connectivity index (χ0v) is 12.2. The molecule has 0 rings (SSSR count). The third-order valence-corrected chi connectivity index (χ3v) is 2.65. The minimum atomic E-state index is -1.25. The average Bonchev–Trinajstić information content (AvgIpc) is 2.39. The third kappa shape index (κ3) is 8.03. The Morgan fingerprint density at radius 1 is 0.722 bits per heavy atom. The van der Waals surface area contributed by atoms with Gasteiger partial charge < -0.3 is 19.3 Å². The largest absolute Gasteiger partial charge is 0.388 e. The van der Waals surface area contributed by atoms with Gasteiger partial charge in [-0.25, -0.2) is 0 Å². The first-order valence-corrected chi connectivity index (χ1v) is 7.27. The summed E-state index contributed by atoms with van der Waals surface area (Å²) < 4.78 is 16.9. The maximum atomic E-state index is 9.50. The van der Waals surface area contributed by atoms with Gasteiger partial charge in [-0.15, -0.1) is 0 Å². The SMILES string of the molecule is CCCCOC(CO)(OCCCC)OCCCC. The van der Waals surface area contributed by atoms with Crippen molar-refractivity contribution in [2.24, 2.45) is 0 Å². The van der Waals surface area contributed by atoms with Crippen LogP contribution < -0.4 is 0 Å². The molecule has 0 bridgehead atoms. The van der Waals surface area contributed by atoms with Gasteiger partial charge in [0, 0.05) is 0 Å². The van der Waals surface area contributed by atoms with Crippen molar-refractivity contribution in [3.8, 4) is 0 Å². The van der Waals surface area contributed by atoms with Gasteiger partial charge >= 0.3 is 5.97 Å². The maximum absolute atomic E-state index is 9.50. The fourth-order valence-electron chi connectivity index (χ4n) is 1.38.